The monoisotopic (exact) mass is 118 g/mol. The van der Waals surface area contributed by atoms with Crippen LogP contribution in [0.5, 0.6) is 0 Å². The van der Waals surface area contributed by atoms with E-state index < -0.39 is 0 Å². The minimum absolute atomic E-state index is 0.829. The fraction of sp³-hybridized carbons (Fsp3) is 0.444. The van der Waals surface area contributed by atoms with Gasteiger partial charge in [-0.1, -0.05) is 23.8 Å². The first-order chi connectivity index (χ1) is 4.47. The first-order valence-corrected chi connectivity index (χ1v) is 3.57. The number of allylic oxidation sites excluding steroid dienone is 4. The quantitative estimate of drug-likeness (QED) is 0.458. The summed E-state index contributed by atoms with van der Waals surface area (Å²) in [7, 11) is 0. The van der Waals surface area contributed by atoms with Crippen LogP contribution in [0, 0.1) is 12.3 Å². The summed E-state index contributed by atoms with van der Waals surface area (Å²) in [6.45, 7) is 0. The predicted octanol–water partition coefficient (Wildman–Crippen LogP) is 2.36. The standard InChI is InChI=1S/C9H10/c1-2-5-9-7-3-6-8(9)4-1/h1-2,4,9H,3,5,7H2. The van der Waals surface area contributed by atoms with Gasteiger partial charge in [0.25, 0.3) is 0 Å². The summed E-state index contributed by atoms with van der Waals surface area (Å²) in [5.74, 6) is 0.829. The molecule has 0 aromatic heterocycles. The number of hydrogen-bond donors (Lipinski definition) is 0. The molecule has 2 radical (unpaired) electrons. The zero-order valence-electron chi connectivity index (χ0n) is 5.43. The fourth-order valence-corrected chi connectivity index (χ4v) is 1.54. The van der Waals surface area contributed by atoms with Gasteiger partial charge >= 0.3 is 0 Å². The third-order valence-electron chi connectivity index (χ3n) is 2.09. The topological polar surface area (TPSA) is 0 Å². The lowest BCUT2D eigenvalue weighted by atomic mass is 9.95. The molecule has 1 saturated carbocycles. The minimum atomic E-state index is 0.829. The number of hydrogen-bond acceptors (Lipinski definition) is 0. The molecule has 0 aromatic carbocycles. The normalized spacial score (nSPS) is 32.0. The van der Waals surface area contributed by atoms with Crippen LogP contribution in [0.1, 0.15) is 19.3 Å². The molecule has 0 N–H and O–H groups in total. The largest absolute Gasteiger partial charge is 0.0839 e. The lowest BCUT2D eigenvalue weighted by Gasteiger charge is -2.10. The van der Waals surface area contributed by atoms with Crippen molar-refractivity contribution in [2.75, 3.05) is 0 Å². The highest BCUT2D eigenvalue weighted by Crippen LogP contribution is 2.34. The minimum Gasteiger partial charge on any atom is -0.0839 e. The van der Waals surface area contributed by atoms with Crippen molar-refractivity contribution in [2.24, 2.45) is 5.92 Å². The van der Waals surface area contributed by atoms with E-state index in [0.717, 1.165) is 5.92 Å². The highest BCUT2D eigenvalue weighted by Gasteiger charge is 2.20. The van der Waals surface area contributed by atoms with E-state index in [2.05, 4.69) is 24.6 Å². The van der Waals surface area contributed by atoms with E-state index in [1.165, 1.54) is 24.8 Å². The van der Waals surface area contributed by atoms with E-state index in [9.17, 15) is 0 Å². The average Bonchev–Trinajstić information content (AvgIpc) is 2.33. The van der Waals surface area contributed by atoms with Crippen molar-refractivity contribution in [3.8, 4) is 0 Å². The molecule has 0 aromatic rings. The maximum absolute atomic E-state index is 3.37. The summed E-state index contributed by atoms with van der Waals surface area (Å²) in [6, 6.07) is 0. The van der Waals surface area contributed by atoms with Crippen molar-refractivity contribution in [2.45, 2.75) is 19.3 Å². The van der Waals surface area contributed by atoms with Gasteiger partial charge in [0.2, 0.25) is 0 Å². The van der Waals surface area contributed by atoms with Gasteiger partial charge < -0.3 is 0 Å². The molecule has 0 heterocycles. The first kappa shape index (κ1) is 5.28. The van der Waals surface area contributed by atoms with Crippen LogP contribution in [0.3, 0.4) is 0 Å². The molecule has 1 unspecified atom stereocenters. The van der Waals surface area contributed by atoms with Crippen LogP contribution in [0.2, 0.25) is 0 Å². The van der Waals surface area contributed by atoms with Gasteiger partial charge in [-0.15, -0.1) is 0 Å². The SMILES string of the molecule is [C]1CCC2CC=CC=C12. The van der Waals surface area contributed by atoms with E-state index in [1.54, 1.807) is 0 Å². The van der Waals surface area contributed by atoms with Crippen LogP contribution in [-0.4, -0.2) is 0 Å². The molecular weight excluding hydrogens is 108 g/mol. The highest BCUT2D eigenvalue weighted by molar-refractivity contribution is 5.30. The summed E-state index contributed by atoms with van der Waals surface area (Å²) >= 11 is 0. The lowest BCUT2D eigenvalue weighted by molar-refractivity contribution is 0.633. The van der Waals surface area contributed by atoms with Gasteiger partial charge in [-0.05, 0) is 25.2 Å². The summed E-state index contributed by atoms with van der Waals surface area (Å²) < 4.78 is 0. The lowest BCUT2D eigenvalue weighted by Crippen LogP contribution is -1.96. The van der Waals surface area contributed by atoms with Crippen LogP contribution >= 0.6 is 0 Å². The van der Waals surface area contributed by atoms with Gasteiger partial charge in [-0.3, -0.25) is 0 Å². The van der Waals surface area contributed by atoms with Crippen LogP contribution in [0.15, 0.2) is 23.8 Å². The molecule has 9 heavy (non-hydrogen) atoms. The van der Waals surface area contributed by atoms with Gasteiger partial charge in [0.15, 0.2) is 0 Å². The molecule has 1 atom stereocenters. The molecule has 2 aliphatic carbocycles. The summed E-state index contributed by atoms with van der Waals surface area (Å²) in [5.41, 5.74) is 1.46. The van der Waals surface area contributed by atoms with Crippen LogP contribution in [0.25, 0.3) is 0 Å². The van der Waals surface area contributed by atoms with E-state index in [1.807, 2.05) is 0 Å². The number of fused-ring (bicyclic) bond motifs is 1. The molecule has 0 spiro atoms. The smallest absolute Gasteiger partial charge is 0.0123 e. The summed E-state index contributed by atoms with van der Waals surface area (Å²) in [6.07, 6.45) is 13.7. The Hall–Kier alpha value is -0.520. The predicted molar refractivity (Wildman–Crippen MR) is 37.8 cm³/mol. The van der Waals surface area contributed by atoms with Crippen LogP contribution < -0.4 is 0 Å². The second-order valence-electron chi connectivity index (χ2n) is 2.70. The Balaban J connectivity index is 2.23. The van der Waals surface area contributed by atoms with E-state index in [-0.39, 0.29) is 0 Å². The average molecular weight is 118 g/mol. The third-order valence-corrected chi connectivity index (χ3v) is 2.09. The van der Waals surface area contributed by atoms with Gasteiger partial charge in [0, 0.05) is 6.42 Å². The number of rotatable bonds is 0. The van der Waals surface area contributed by atoms with Crippen molar-refractivity contribution >= 4 is 0 Å². The van der Waals surface area contributed by atoms with Gasteiger partial charge in [-0.25, -0.2) is 0 Å². The Morgan fingerprint density at radius 3 is 3.44 bits per heavy atom. The van der Waals surface area contributed by atoms with Crippen molar-refractivity contribution < 1.29 is 0 Å². The van der Waals surface area contributed by atoms with E-state index in [4.69, 9.17) is 0 Å². The molecule has 1 fully saturated rings. The Morgan fingerprint density at radius 1 is 1.56 bits per heavy atom. The third kappa shape index (κ3) is 0.827. The zero-order valence-corrected chi connectivity index (χ0v) is 5.43. The Bertz CT molecular complexity index is 163. The Labute approximate surface area is 56.3 Å². The molecule has 0 saturated heterocycles. The maximum atomic E-state index is 3.37. The van der Waals surface area contributed by atoms with Gasteiger partial charge in [-0.2, -0.15) is 0 Å². The molecule has 2 aliphatic rings. The van der Waals surface area contributed by atoms with Gasteiger partial charge in [0.1, 0.15) is 0 Å². The molecule has 0 amide bonds. The molecule has 0 bridgehead atoms. The van der Waals surface area contributed by atoms with E-state index in [0.29, 0.717) is 0 Å². The second-order valence-corrected chi connectivity index (χ2v) is 2.70. The maximum Gasteiger partial charge on any atom is 0.0123 e. The Morgan fingerprint density at radius 2 is 2.56 bits per heavy atom. The van der Waals surface area contributed by atoms with Crippen molar-refractivity contribution in [3.63, 3.8) is 0 Å². The van der Waals surface area contributed by atoms with Crippen LogP contribution in [-0.2, 0) is 0 Å². The van der Waals surface area contributed by atoms with Crippen molar-refractivity contribution in [3.05, 3.63) is 30.2 Å². The molecule has 46 valence electrons. The molecule has 0 heteroatoms. The van der Waals surface area contributed by atoms with Gasteiger partial charge in [0.05, 0.1) is 0 Å². The molecule has 2 rings (SSSR count). The highest BCUT2D eigenvalue weighted by atomic mass is 14.2. The van der Waals surface area contributed by atoms with Crippen molar-refractivity contribution in [1.82, 2.24) is 0 Å². The molecular formula is C9H10. The molecule has 0 aliphatic heterocycles. The van der Waals surface area contributed by atoms with E-state index >= 15 is 0 Å². The summed E-state index contributed by atoms with van der Waals surface area (Å²) in [4.78, 5) is 0. The Kier molecular flexibility index (Phi) is 1.18. The van der Waals surface area contributed by atoms with Crippen LogP contribution in [0.4, 0.5) is 0 Å². The first-order valence-electron chi connectivity index (χ1n) is 3.57. The second kappa shape index (κ2) is 2.02. The summed E-state index contributed by atoms with van der Waals surface area (Å²) in [5, 5.41) is 0. The fourth-order valence-electron chi connectivity index (χ4n) is 1.54. The zero-order chi connectivity index (χ0) is 6.10. The van der Waals surface area contributed by atoms with Crippen molar-refractivity contribution in [1.29, 1.82) is 0 Å². The molecule has 0 nitrogen and oxygen atoms in total.